The van der Waals surface area contributed by atoms with Crippen LogP contribution in [0.25, 0.3) is 11.0 Å². The molecular formula is C14H15F3N2O2S. The van der Waals surface area contributed by atoms with Crippen molar-refractivity contribution in [2.75, 3.05) is 5.75 Å². The van der Waals surface area contributed by atoms with Gasteiger partial charge in [0, 0.05) is 6.54 Å². The number of aromatic nitrogens is 2. The van der Waals surface area contributed by atoms with Gasteiger partial charge in [-0.1, -0.05) is 25.1 Å². The van der Waals surface area contributed by atoms with E-state index in [9.17, 15) is 18.0 Å². The highest BCUT2D eigenvalue weighted by atomic mass is 32.2. The van der Waals surface area contributed by atoms with Gasteiger partial charge in [-0.15, -0.1) is 0 Å². The number of fused-ring (bicyclic) bond motifs is 1. The van der Waals surface area contributed by atoms with Crippen molar-refractivity contribution < 1.29 is 23.1 Å². The fourth-order valence-electron chi connectivity index (χ4n) is 2.05. The molecule has 2 rings (SSSR count). The lowest BCUT2D eigenvalue weighted by Gasteiger charge is -2.08. The van der Waals surface area contributed by atoms with Gasteiger partial charge in [-0.2, -0.15) is 13.2 Å². The molecular weight excluding hydrogens is 317 g/mol. The summed E-state index contributed by atoms with van der Waals surface area (Å²) in [5, 5.41) is 9.20. The van der Waals surface area contributed by atoms with E-state index in [2.05, 4.69) is 4.98 Å². The topological polar surface area (TPSA) is 55.1 Å². The summed E-state index contributed by atoms with van der Waals surface area (Å²) in [6.45, 7) is 2.60. The minimum absolute atomic E-state index is 0.179. The molecule has 0 atom stereocenters. The Bertz CT molecular complexity index is 683. The standard InChI is InChI=1S/C14H15F3N2O2S/c1-2-3-6-19-11-5-4-9(14(15,16)17)7-10(11)18-13(19)22-8-12(20)21/h4-5,7H,2-3,6,8H2,1H3,(H,20,21). The minimum atomic E-state index is -4.42. The number of hydrogen-bond acceptors (Lipinski definition) is 3. The van der Waals surface area contributed by atoms with Crippen LogP contribution in [0.5, 0.6) is 0 Å². The molecule has 0 unspecified atom stereocenters. The van der Waals surface area contributed by atoms with E-state index < -0.39 is 17.7 Å². The zero-order valence-electron chi connectivity index (χ0n) is 11.9. The largest absolute Gasteiger partial charge is 0.481 e. The molecule has 0 aliphatic rings. The van der Waals surface area contributed by atoms with Gasteiger partial charge >= 0.3 is 12.1 Å². The molecule has 0 aliphatic heterocycles. The molecule has 1 N–H and O–H groups in total. The second kappa shape index (κ2) is 6.60. The first-order chi connectivity index (χ1) is 10.3. The third-order valence-electron chi connectivity index (χ3n) is 3.10. The van der Waals surface area contributed by atoms with E-state index in [0.29, 0.717) is 17.2 Å². The average molecular weight is 332 g/mol. The highest BCUT2D eigenvalue weighted by Crippen LogP contribution is 2.33. The molecule has 0 amide bonds. The molecule has 4 nitrogen and oxygen atoms in total. The quantitative estimate of drug-likeness (QED) is 0.812. The summed E-state index contributed by atoms with van der Waals surface area (Å²) in [4.78, 5) is 14.9. The lowest BCUT2D eigenvalue weighted by atomic mass is 10.2. The number of alkyl halides is 3. The lowest BCUT2D eigenvalue weighted by Crippen LogP contribution is -2.05. The predicted molar refractivity (Wildman–Crippen MR) is 78.0 cm³/mol. The number of aryl methyl sites for hydroxylation is 1. The van der Waals surface area contributed by atoms with Crippen LogP contribution >= 0.6 is 11.8 Å². The molecule has 0 aliphatic carbocycles. The lowest BCUT2D eigenvalue weighted by molar-refractivity contribution is -0.137. The Kier molecular flexibility index (Phi) is 5.00. The van der Waals surface area contributed by atoms with Gasteiger partial charge in [-0.05, 0) is 24.6 Å². The summed E-state index contributed by atoms with van der Waals surface area (Å²) in [6, 6.07) is 3.42. The molecule has 120 valence electrons. The van der Waals surface area contributed by atoms with Crippen LogP contribution in [-0.2, 0) is 17.5 Å². The Morgan fingerprint density at radius 2 is 2.14 bits per heavy atom. The third kappa shape index (κ3) is 3.73. The number of imidazole rings is 1. The molecule has 0 saturated carbocycles. The molecule has 1 aromatic heterocycles. The normalized spacial score (nSPS) is 12.0. The number of benzene rings is 1. The number of nitrogens with zero attached hydrogens (tertiary/aromatic N) is 2. The molecule has 1 heterocycles. The summed E-state index contributed by atoms with van der Waals surface area (Å²) in [5.41, 5.74) is 0.0723. The number of halogens is 3. The predicted octanol–water partition coefficient (Wildman–Crippen LogP) is 4.03. The molecule has 0 radical (unpaired) electrons. The fourth-order valence-corrected chi connectivity index (χ4v) is 2.81. The number of thioether (sulfide) groups is 1. The van der Waals surface area contributed by atoms with Crippen LogP contribution in [0, 0.1) is 0 Å². The van der Waals surface area contributed by atoms with Crippen LogP contribution < -0.4 is 0 Å². The first-order valence-corrected chi connectivity index (χ1v) is 7.73. The zero-order valence-corrected chi connectivity index (χ0v) is 12.7. The molecule has 1 aromatic carbocycles. The van der Waals surface area contributed by atoms with Crippen LogP contribution in [-0.4, -0.2) is 26.4 Å². The summed E-state index contributed by atoms with van der Waals surface area (Å²) < 4.78 is 40.1. The minimum Gasteiger partial charge on any atom is -0.481 e. The maximum atomic E-state index is 12.8. The van der Waals surface area contributed by atoms with Crippen molar-refractivity contribution in [1.29, 1.82) is 0 Å². The Morgan fingerprint density at radius 1 is 1.41 bits per heavy atom. The first kappa shape index (κ1) is 16.7. The van der Waals surface area contributed by atoms with Gasteiger partial charge in [-0.25, -0.2) is 4.98 Å². The number of hydrogen-bond donors (Lipinski definition) is 1. The van der Waals surface area contributed by atoms with Crippen molar-refractivity contribution in [2.24, 2.45) is 0 Å². The summed E-state index contributed by atoms with van der Waals surface area (Å²) in [7, 11) is 0. The van der Waals surface area contributed by atoms with Gasteiger partial charge in [0.2, 0.25) is 0 Å². The fraction of sp³-hybridized carbons (Fsp3) is 0.429. The number of unbranched alkanes of at least 4 members (excludes halogenated alkanes) is 1. The van der Waals surface area contributed by atoms with E-state index in [-0.39, 0.29) is 11.3 Å². The van der Waals surface area contributed by atoms with Crippen molar-refractivity contribution in [3.05, 3.63) is 23.8 Å². The smallest absolute Gasteiger partial charge is 0.416 e. The molecule has 0 spiro atoms. The van der Waals surface area contributed by atoms with Crippen molar-refractivity contribution in [3.8, 4) is 0 Å². The Hall–Kier alpha value is -1.70. The van der Waals surface area contributed by atoms with Gasteiger partial charge in [0.25, 0.3) is 0 Å². The van der Waals surface area contributed by atoms with Gasteiger partial charge in [0.05, 0.1) is 22.3 Å². The van der Waals surface area contributed by atoms with Crippen LogP contribution in [0.15, 0.2) is 23.4 Å². The second-order valence-corrected chi connectivity index (χ2v) is 5.73. The van der Waals surface area contributed by atoms with Gasteiger partial charge in [0.15, 0.2) is 5.16 Å². The van der Waals surface area contributed by atoms with Gasteiger partial charge < -0.3 is 9.67 Å². The number of rotatable bonds is 6. The van der Waals surface area contributed by atoms with E-state index in [1.54, 1.807) is 4.57 Å². The second-order valence-electron chi connectivity index (χ2n) is 4.78. The third-order valence-corrected chi connectivity index (χ3v) is 4.06. The monoisotopic (exact) mass is 332 g/mol. The molecule has 0 bridgehead atoms. The van der Waals surface area contributed by atoms with Crippen molar-refractivity contribution in [1.82, 2.24) is 9.55 Å². The average Bonchev–Trinajstić information content (AvgIpc) is 2.78. The molecule has 0 saturated heterocycles. The van der Waals surface area contributed by atoms with Crippen molar-refractivity contribution in [3.63, 3.8) is 0 Å². The van der Waals surface area contributed by atoms with Crippen LogP contribution in [0.4, 0.5) is 13.2 Å². The van der Waals surface area contributed by atoms with Crippen LogP contribution in [0.1, 0.15) is 25.3 Å². The van der Waals surface area contributed by atoms with Gasteiger partial charge in [-0.3, -0.25) is 4.79 Å². The Balaban J connectivity index is 2.45. The zero-order chi connectivity index (χ0) is 16.3. The highest BCUT2D eigenvalue weighted by Gasteiger charge is 2.31. The number of aliphatic carboxylic acids is 1. The van der Waals surface area contributed by atoms with Crippen molar-refractivity contribution >= 4 is 28.8 Å². The summed E-state index contributed by atoms with van der Waals surface area (Å²) in [5.74, 6) is -1.17. The SMILES string of the molecule is CCCCn1c(SCC(=O)O)nc2cc(C(F)(F)F)ccc21. The van der Waals surface area contributed by atoms with E-state index in [0.717, 1.165) is 36.7 Å². The number of carbonyl (C=O) groups is 1. The summed E-state index contributed by atoms with van der Waals surface area (Å²) >= 11 is 1.02. The number of carboxylic acid groups (broad SMARTS) is 1. The highest BCUT2D eigenvalue weighted by molar-refractivity contribution is 7.99. The van der Waals surface area contributed by atoms with Crippen molar-refractivity contribution in [2.45, 2.75) is 37.6 Å². The maximum absolute atomic E-state index is 12.8. The van der Waals surface area contributed by atoms with Gasteiger partial charge in [0.1, 0.15) is 0 Å². The maximum Gasteiger partial charge on any atom is 0.416 e. The Morgan fingerprint density at radius 3 is 2.73 bits per heavy atom. The van der Waals surface area contributed by atoms with E-state index in [4.69, 9.17) is 5.11 Å². The van der Waals surface area contributed by atoms with E-state index in [1.165, 1.54) is 6.07 Å². The van der Waals surface area contributed by atoms with E-state index >= 15 is 0 Å². The molecule has 0 fully saturated rings. The van der Waals surface area contributed by atoms with Crippen LogP contribution in [0.2, 0.25) is 0 Å². The molecule has 2 aromatic rings. The van der Waals surface area contributed by atoms with E-state index in [1.807, 2.05) is 6.92 Å². The number of carboxylic acids is 1. The molecule has 8 heteroatoms. The first-order valence-electron chi connectivity index (χ1n) is 6.75. The summed E-state index contributed by atoms with van der Waals surface area (Å²) in [6.07, 6.45) is -2.66. The molecule has 22 heavy (non-hydrogen) atoms. The van der Waals surface area contributed by atoms with Crippen LogP contribution in [0.3, 0.4) is 0 Å². The Labute approximate surface area is 129 Å².